The number of amidine groups is 2. The second-order valence-corrected chi connectivity index (χ2v) is 13.8. The van der Waals surface area contributed by atoms with Gasteiger partial charge in [-0.1, -0.05) is 140 Å². The lowest BCUT2D eigenvalue weighted by Gasteiger charge is -2.24. The SMILES string of the molecule is c1ccc(C2=NC(c3cccc4oc5cc(-c6ccc7c(c6)oc6ccc8ccccc8c67)ccc5c34)=NC(c3ccc(-c4ccccc4)cc3)N2)cc1. The normalized spacial score (nSPS) is 14.5. The number of nitrogens with one attached hydrogen (secondary N) is 1. The zero-order valence-electron chi connectivity index (χ0n) is 29.0. The van der Waals surface area contributed by atoms with Gasteiger partial charge in [0.05, 0.1) is 0 Å². The molecule has 0 saturated heterocycles. The zero-order chi connectivity index (χ0) is 35.6. The largest absolute Gasteiger partial charge is 0.456 e. The van der Waals surface area contributed by atoms with Crippen molar-refractivity contribution in [1.29, 1.82) is 0 Å². The Morgan fingerprint density at radius 2 is 1.04 bits per heavy atom. The molecule has 1 aliphatic heterocycles. The van der Waals surface area contributed by atoms with Crippen molar-refractivity contribution >= 4 is 66.3 Å². The summed E-state index contributed by atoms with van der Waals surface area (Å²) in [7, 11) is 0. The van der Waals surface area contributed by atoms with Crippen LogP contribution in [0.5, 0.6) is 0 Å². The van der Waals surface area contributed by atoms with Gasteiger partial charge in [-0.15, -0.1) is 0 Å². The predicted molar refractivity (Wildman–Crippen MR) is 221 cm³/mol. The first-order valence-electron chi connectivity index (χ1n) is 18.2. The number of fused-ring (bicyclic) bond motifs is 8. The summed E-state index contributed by atoms with van der Waals surface area (Å²) in [6, 6.07) is 61.0. The third-order valence-electron chi connectivity index (χ3n) is 10.6. The molecule has 1 atom stereocenters. The first-order chi connectivity index (χ1) is 26.7. The van der Waals surface area contributed by atoms with Gasteiger partial charge in [-0.2, -0.15) is 0 Å². The van der Waals surface area contributed by atoms with Crippen LogP contribution in [0.2, 0.25) is 0 Å². The van der Waals surface area contributed by atoms with Crippen molar-refractivity contribution in [3.8, 4) is 22.3 Å². The van der Waals surface area contributed by atoms with Crippen LogP contribution >= 0.6 is 0 Å². The summed E-state index contributed by atoms with van der Waals surface area (Å²) in [6.07, 6.45) is -0.330. The Bertz CT molecular complexity index is 3120. The Kier molecular flexibility index (Phi) is 6.85. The van der Waals surface area contributed by atoms with Crippen LogP contribution in [0.15, 0.2) is 195 Å². The van der Waals surface area contributed by atoms with Gasteiger partial charge in [0.1, 0.15) is 34.3 Å². The van der Waals surface area contributed by atoms with Crippen molar-refractivity contribution in [2.24, 2.45) is 9.98 Å². The van der Waals surface area contributed by atoms with Gasteiger partial charge < -0.3 is 14.2 Å². The number of benzene rings is 8. The molecule has 0 aliphatic carbocycles. The van der Waals surface area contributed by atoms with Crippen LogP contribution in [-0.2, 0) is 0 Å². The molecule has 1 unspecified atom stereocenters. The molecular formula is C49H31N3O2. The van der Waals surface area contributed by atoms with E-state index in [-0.39, 0.29) is 6.17 Å². The van der Waals surface area contributed by atoms with Crippen LogP contribution in [0.1, 0.15) is 22.9 Å². The molecule has 10 aromatic rings. The molecule has 1 aliphatic rings. The summed E-state index contributed by atoms with van der Waals surface area (Å²) in [4.78, 5) is 10.4. The highest BCUT2D eigenvalue weighted by Crippen LogP contribution is 2.39. The molecule has 54 heavy (non-hydrogen) atoms. The third kappa shape index (κ3) is 5.01. The molecule has 3 heterocycles. The summed E-state index contributed by atoms with van der Waals surface area (Å²) in [5, 5.41) is 10.3. The van der Waals surface area contributed by atoms with Gasteiger partial charge in [-0.05, 0) is 75.0 Å². The van der Waals surface area contributed by atoms with Gasteiger partial charge in [-0.3, -0.25) is 0 Å². The quantitative estimate of drug-likeness (QED) is 0.195. The monoisotopic (exact) mass is 693 g/mol. The summed E-state index contributed by atoms with van der Waals surface area (Å²) < 4.78 is 13.0. The third-order valence-corrected chi connectivity index (χ3v) is 10.6. The van der Waals surface area contributed by atoms with Gasteiger partial charge in [0, 0.05) is 32.7 Å². The first-order valence-corrected chi connectivity index (χ1v) is 18.2. The minimum Gasteiger partial charge on any atom is -0.456 e. The van der Waals surface area contributed by atoms with E-state index in [2.05, 4.69) is 145 Å². The van der Waals surface area contributed by atoms with E-state index in [4.69, 9.17) is 18.8 Å². The molecule has 0 amide bonds. The van der Waals surface area contributed by atoms with E-state index in [0.717, 1.165) is 83.1 Å². The van der Waals surface area contributed by atoms with Crippen LogP contribution in [0, 0.1) is 0 Å². The highest BCUT2D eigenvalue weighted by Gasteiger charge is 2.24. The van der Waals surface area contributed by atoms with Crippen molar-refractivity contribution in [1.82, 2.24) is 5.32 Å². The maximum atomic E-state index is 6.57. The molecule has 0 bridgehead atoms. The Labute approximate surface area is 310 Å². The first kappa shape index (κ1) is 30.4. The molecule has 5 heteroatoms. The molecule has 2 aromatic heterocycles. The standard InChI is InChI=1S/C49H31N3O2/c1-3-10-30(11-4-1)31-18-20-34(21-19-31)48-50-47(33-13-5-2-6-14-33)51-49(52-48)40-16-9-17-41-46(40)39-26-23-36(29-44(39)53-41)35-22-25-38-43(28-35)54-42-27-24-32-12-7-8-15-37(32)45(38)42/h1-29,48H,(H,50,51,52). The minimum absolute atomic E-state index is 0.330. The van der Waals surface area contributed by atoms with Crippen LogP contribution in [-0.4, -0.2) is 11.7 Å². The fourth-order valence-corrected chi connectivity index (χ4v) is 7.89. The maximum absolute atomic E-state index is 6.57. The van der Waals surface area contributed by atoms with E-state index in [1.54, 1.807) is 0 Å². The molecule has 0 saturated carbocycles. The van der Waals surface area contributed by atoms with Crippen LogP contribution in [0.4, 0.5) is 0 Å². The van der Waals surface area contributed by atoms with Gasteiger partial charge in [0.15, 0.2) is 5.84 Å². The van der Waals surface area contributed by atoms with Gasteiger partial charge in [-0.25, -0.2) is 9.98 Å². The summed E-state index contributed by atoms with van der Waals surface area (Å²) in [5.41, 5.74) is 10.8. The molecule has 254 valence electrons. The summed E-state index contributed by atoms with van der Waals surface area (Å²) >= 11 is 0. The van der Waals surface area contributed by atoms with Gasteiger partial charge >= 0.3 is 0 Å². The zero-order valence-corrected chi connectivity index (χ0v) is 29.0. The number of furan rings is 2. The molecular weight excluding hydrogens is 663 g/mol. The average molecular weight is 694 g/mol. The number of nitrogens with zero attached hydrogens (tertiary/aromatic N) is 2. The topological polar surface area (TPSA) is 63.0 Å². The number of rotatable bonds is 5. The van der Waals surface area contributed by atoms with Crippen molar-refractivity contribution in [3.63, 3.8) is 0 Å². The number of hydrogen-bond acceptors (Lipinski definition) is 5. The van der Waals surface area contributed by atoms with Gasteiger partial charge in [0.25, 0.3) is 0 Å². The Balaban J connectivity index is 1.00. The second kappa shape index (κ2) is 12.2. The lowest BCUT2D eigenvalue weighted by molar-refractivity contribution is 0.668. The van der Waals surface area contributed by atoms with Crippen molar-refractivity contribution in [2.45, 2.75) is 6.17 Å². The van der Waals surface area contributed by atoms with Crippen LogP contribution in [0.25, 0.3) is 76.9 Å². The maximum Gasteiger partial charge on any atom is 0.160 e. The molecule has 0 radical (unpaired) electrons. The number of aliphatic imine (C=N–C) groups is 2. The smallest absolute Gasteiger partial charge is 0.160 e. The van der Waals surface area contributed by atoms with E-state index in [9.17, 15) is 0 Å². The van der Waals surface area contributed by atoms with E-state index >= 15 is 0 Å². The van der Waals surface area contributed by atoms with Crippen molar-refractivity contribution in [3.05, 3.63) is 193 Å². The molecule has 0 spiro atoms. The van der Waals surface area contributed by atoms with E-state index in [1.807, 2.05) is 36.4 Å². The summed E-state index contributed by atoms with van der Waals surface area (Å²) in [6.45, 7) is 0. The summed E-state index contributed by atoms with van der Waals surface area (Å²) in [5.74, 6) is 1.43. The van der Waals surface area contributed by atoms with Gasteiger partial charge in [0.2, 0.25) is 0 Å². The van der Waals surface area contributed by atoms with E-state index in [0.29, 0.717) is 5.84 Å². The fourth-order valence-electron chi connectivity index (χ4n) is 7.89. The Morgan fingerprint density at radius 3 is 1.78 bits per heavy atom. The molecule has 8 aromatic carbocycles. The van der Waals surface area contributed by atoms with Crippen LogP contribution in [0.3, 0.4) is 0 Å². The molecule has 5 nitrogen and oxygen atoms in total. The van der Waals surface area contributed by atoms with Crippen molar-refractivity contribution < 1.29 is 8.83 Å². The predicted octanol–water partition coefficient (Wildman–Crippen LogP) is 12.5. The fraction of sp³-hybridized carbons (Fsp3) is 0.0204. The minimum atomic E-state index is -0.330. The molecule has 0 fully saturated rings. The average Bonchev–Trinajstić information content (AvgIpc) is 3.82. The Hall–Kier alpha value is -7.24. The van der Waals surface area contributed by atoms with Crippen LogP contribution < -0.4 is 5.32 Å². The number of hydrogen-bond donors (Lipinski definition) is 1. The highest BCUT2D eigenvalue weighted by atomic mass is 16.3. The molecule has 11 rings (SSSR count). The van der Waals surface area contributed by atoms with E-state index in [1.165, 1.54) is 16.3 Å². The lowest BCUT2D eigenvalue weighted by atomic mass is 9.99. The van der Waals surface area contributed by atoms with E-state index < -0.39 is 0 Å². The lowest BCUT2D eigenvalue weighted by Crippen LogP contribution is -2.33. The Morgan fingerprint density at radius 1 is 0.426 bits per heavy atom. The molecule has 1 N–H and O–H groups in total. The highest BCUT2D eigenvalue weighted by molar-refractivity contribution is 6.22. The second-order valence-electron chi connectivity index (χ2n) is 13.8. The van der Waals surface area contributed by atoms with Crippen molar-refractivity contribution in [2.75, 3.05) is 0 Å².